The summed E-state index contributed by atoms with van der Waals surface area (Å²) in [6.07, 6.45) is 4.62. The highest BCUT2D eigenvalue weighted by Gasteiger charge is 2.08. The van der Waals surface area contributed by atoms with Crippen molar-refractivity contribution in [1.82, 2.24) is 10.3 Å². The Hall–Kier alpha value is -3.46. The summed E-state index contributed by atoms with van der Waals surface area (Å²) in [7, 11) is 0. The zero-order valence-corrected chi connectivity index (χ0v) is 13.1. The molecule has 0 atom stereocenters. The molecule has 0 aliphatic heterocycles. The van der Waals surface area contributed by atoms with Gasteiger partial charge in [0.25, 0.3) is 5.91 Å². The molecule has 0 saturated heterocycles. The second kappa shape index (κ2) is 8.25. The number of hydrogen-bond donors (Lipinski definition) is 2. The number of carbonyl (C=O) groups excluding carboxylic acids is 2. The van der Waals surface area contributed by atoms with Crippen LogP contribution in [0, 0.1) is 11.3 Å². The van der Waals surface area contributed by atoms with E-state index in [1.54, 1.807) is 42.7 Å². The number of pyridine rings is 1. The molecule has 0 aliphatic rings. The Labute approximate surface area is 139 Å². The second-order valence-corrected chi connectivity index (χ2v) is 4.99. The summed E-state index contributed by atoms with van der Waals surface area (Å²) in [6, 6.07) is 12.2. The van der Waals surface area contributed by atoms with Crippen LogP contribution < -0.4 is 10.6 Å². The lowest BCUT2D eigenvalue weighted by atomic mass is 10.1. The van der Waals surface area contributed by atoms with Crippen LogP contribution in [-0.2, 0) is 11.3 Å². The van der Waals surface area contributed by atoms with Crippen molar-refractivity contribution in [2.24, 2.45) is 0 Å². The van der Waals surface area contributed by atoms with Crippen LogP contribution in [0.1, 0.15) is 22.8 Å². The van der Waals surface area contributed by atoms with Crippen LogP contribution in [0.5, 0.6) is 0 Å². The van der Waals surface area contributed by atoms with Gasteiger partial charge >= 0.3 is 0 Å². The first-order valence-electron chi connectivity index (χ1n) is 7.25. The lowest BCUT2D eigenvalue weighted by Crippen LogP contribution is -2.24. The summed E-state index contributed by atoms with van der Waals surface area (Å²) in [4.78, 5) is 27.2. The fourth-order valence-electron chi connectivity index (χ4n) is 1.89. The molecular formula is C18H16N4O2. The third-order valence-electron chi connectivity index (χ3n) is 3.22. The lowest BCUT2D eigenvalue weighted by Gasteiger charge is -2.05. The maximum atomic E-state index is 12.0. The van der Waals surface area contributed by atoms with Gasteiger partial charge < -0.3 is 10.6 Å². The molecule has 0 saturated carbocycles. The van der Waals surface area contributed by atoms with Crippen molar-refractivity contribution in [3.8, 4) is 6.07 Å². The van der Waals surface area contributed by atoms with Gasteiger partial charge in [0.2, 0.25) is 0 Å². The summed E-state index contributed by atoms with van der Waals surface area (Å²) in [5.41, 5.74) is 2.07. The Balaban J connectivity index is 1.96. The minimum Gasteiger partial charge on any atom is -0.360 e. The maximum Gasteiger partial charge on any atom is 0.263 e. The summed E-state index contributed by atoms with van der Waals surface area (Å²) < 4.78 is 0. The molecule has 1 heterocycles. The van der Waals surface area contributed by atoms with E-state index < -0.39 is 5.91 Å². The number of rotatable bonds is 6. The molecule has 120 valence electrons. The molecule has 2 aromatic rings. The van der Waals surface area contributed by atoms with Gasteiger partial charge in [-0.25, -0.2) is 0 Å². The summed E-state index contributed by atoms with van der Waals surface area (Å²) in [5, 5.41) is 14.6. The lowest BCUT2D eigenvalue weighted by molar-refractivity contribution is -0.117. The molecule has 1 aromatic carbocycles. The molecule has 0 spiro atoms. The third-order valence-corrected chi connectivity index (χ3v) is 3.22. The number of Topliss-reactive ketones (excluding diaryl/α,β-unsaturated/α-hetero) is 1. The summed E-state index contributed by atoms with van der Waals surface area (Å²) >= 11 is 0. The van der Waals surface area contributed by atoms with Gasteiger partial charge in [-0.2, -0.15) is 5.26 Å². The van der Waals surface area contributed by atoms with Crippen LogP contribution >= 0.6 is 0 Å². The Morgan fingerprint density at radius 1 is 1.25 bits per heavy atom. The Bertz CT molecular complexity index is 790. The van der Waals surface area contributed by atoms with Gasteiger partial charge in [0, 0.05) is 36.4 Å². The molecule has 0 bridgehead atoms. The number of nitrogens with one attached hydrogen (secondary N) is 2. The summed E-state index contributed by atoms with van der Waals surface area (Å²) in [6.45, 7) is 1.78. The first-order chi connectivity index (χ1) is 11.6. The molecule has 0 radical (unpaired) electrons. The second-order valence-electron chi connectivity index (χ2n) is 4.99. The largest absolute Gasteiger partial charge is 0.360 e. The topological polar surface area (TPSA) is 94.9 Å². The minimum atomic E-state index is -0.478. The van der Waals surface area contributed by atoms with Crippen molar-refractivity contribution >= 4 is 17.4 Å². The third kappa shape index (κ3) is 4.78. The van der Waals surface area contributed by atoms with E-state index in [9.17, 15) is 9.59 Å². The van der Waals surface area contributed by atoms with Crippen molar-refractivity contribution in [3.63, 3.8) is 0 Å². The van der Waals surface area contributed by atoms with Gasteiger partial charge in [-0.1, -0.05) is 6.07 Å². The predicted molar refractivity (Wildman–Crippen MR) is 89.8 cm³/mol. The van der Waals surface area contributed by atoms with E-state index in [0.717, 1.165) is 5.56 Å². The smallest absolute Gasteiger partial charge is 0.263 e. The molecule has 1 amide bonds. The molecule has 24 heavy (non-hydrogen) atoms. The Kier molecular flexibility index (Phi) is 5.81. The van der Waals surface area contributed by atoms with Gasteiger partial charge in [0.05, 0.1) is 0 Å². The number of hydrogen-bond acceptors (Lipinski definition) is 5. The highest BCUT2D eigenvalue weighted by molar-refractivity contribution is 5.97. The number of nitriles is 1. The minimum absolute atomic E-state index is 0.0235. The molecule has 6 nitrogen and oxygen atoms in total. The van der Waals surface area contributed by atoms with Gasteiger partial charge in [-0.05, 0) is 42.8 Å². The molecule has 0 aliphatic carbocycles. The maximum absolute atomic E-state index is 12.0. The number of benzene rings is 1. The molecule has 0 unspecified atom stereocenters. The standard InChI is InChI=1S/C18H16N4O2/c1-13(23)15-4-6-17(7-5-15)21-12-16(9-19)18(24)22-11-14-3-2-8-20-10-14/h2-8,10,12,21H,11H2,1H3,(H,22,24)/b16-12-. The van der Waals surface area contributed by atoms with E-state index >= 15 is 0 Å². The first kappa shape index (κ1) is 16.9. The quantitative estimate of drug-likeness (QED) is 0.484. The Morgan fingerprint density at radius 3 is 2.58 bits per heavy atom. The SMILES string of the molecule is CC(=O)c1ccc(N/C=C(/C#N)C(=O)NCc2cccnc2)cc1. The van der Waals surface area contributed by atoms with Gasteiger partial charge in [-0.15, -0.1) is 0 Å². The average Bonchev–Trinajstić information content (AvgIpc) is 2.61. The van der Waals surface area contributed by atoms with Crippen molar-refractivity contribution < 1.29 is 9.59 Å². The van der Waals surface area contributed by atoms with Gasteiger partial charge in [-0.3, -0.25) is 14.6 Å². The molecule has 0 fully saturated rings. The van der Waals surface area contributed by atoms with Crippen molar-refractivity contribution in [1.29, 1.82) is 5.26 Å². The van der Waals surface area contributed by atoms with E-state index in [1.165, 1.54) is 13.1 Å². The zero-order chi connectivity index (χ0) is 17.4. The predicted octanol–water partition coefficient (Wildman–Crippen LogP) is 2.42. The Morgan fingerprint density at radius 2 is 2.00 bits per heavy atom. The van der Waals surface area contributed by atoms with Crippen LogP contribution in [0.2, 0.25) is 0 Å². The van der Waals surface area contributed by atoms with Crippen molar-refractivity contribution in [3.05, 3.63) is 71.7 Å². The fourth-order valence-corrected chi connectivity index (χ4v) is 1.89. The van der Waals surface area contributed by atoms with Crippen LogP contribution in [0.15, 0.2) is 60.6 Å². The van der Waals surface area contributed by atoms with Crippen LogP contribution in [-0.4, -0.2) is 16.7 Å². The van der Waals surface area contributed by atoms with Gasteiger partial charge in [0.15, 0.2) is 5.78 Å². The van der Waals surface area contributed by atoms with E-state index in [-0.39, 0.29) is 11.4 Å². The van der Waals surface area contributed by atoms with E-state index in [0.29, 0.717) is 17.8 Å². The first-order valence-corrected chi connectivity index (χ1v) is 7.25. The highest BCUT2D eigenvalue weighted by Crippen LogP contribution is 2.10. The molecule has 1 aromatic heterocycles. The number of ketones is 1. The summed E-state index contributed by atoms with van der Waals surface area (Å²) in [5.74, 6) is -0.501. The van der Waals surface area contributed by atoms with Gasteiger partial charge in [0.1, 0.15) is 11.6 Å². The molecule has 2 N–H and O–H groups in total. The number of aromatic nitrogens is 1. The number of anilines is 1. The monoisotopic (exact) mass is 320 g/mol. The van der Waals surface area contributed by atoms with Crippen LogP contribution in [0.25, 0.3) is 0 Å². The number of carbonyl (C=O) groups is 2. The van der Waals surface area contributed by atoms with E-state index in [1.807, 2.05) is 12.1 Å². The fraction of sp³-hybridized carbons (Fsp3) is 0.111. The van der Waals surface area contributed by atoms with Crippen LogP contribution in [0.4, 0.5) is 5.69 Å². The highest BCUT2D eigenvalue weighted by atomic mass is 16.1. The van der Waals surface area contributed by atoms with Crippen LogP contribution in [0.3, 0.4) is 0 Å². The number of nitrogens with zero attached hydrogens (tertiary/aromatic N) is 2. The van der Waals surface area contributed by atoms with Crippen molar-refractivity contribution in [2.75, 3.05) is 5.32 Å². The number of amides is 1. The van der Waals surface area contributed by atoms with Crippen molar-refractivity contribution in [2.45, 2.75) is 13.5 Å². The normalized spacial score (nSPS) is 10.6. The van der Waals surface area contributed by atoms with E-state index in [2.05, 4.69) is 15.6 Å². The zero-order valence-electron chi connectivity index (χ0n) is 13.1. The molecular weight excluding hydrogens is 304 g/mol. The average molecular weight is 320 g/mol. The molecule has 6 heteroatoms. The van der Waals surface area contributed by atoms with E-state index in [4.69, 9.17) is 5.26 Å². The molecule has 2 rings (SSSR count).